The molecule has 1 saturated heterocycles. The number of hydrogen-bond acceptors (Lipinski definition) is 5. The van der Waals surface area contributed by atoms with Crippen molar-refractivity contribution in [3.05, 3.63) is 0 Å². The van der Waals surface area contributed by atoms with Crippen molar-refractivity contribution >= 4 is 18.0 Å². The van der Waals surface area contributed by atoms with Crippen LogP contribution in [0.25, 0.3) is 0 Å². The second-order valence-electron chi connectivity index (χ2n) is 4.61. The molecule has 18 heavy (non-hydrogen) atoms. The van der Waals surface area contributed by atoms with Gasteiger partial charge in [-0.1, -0.05) is 19.3 Å². The molecule has 7 nitrogen and oxygen atoms in total. The van der Waals surface area contributed by atoms with E-state index in [0.29, 0.717) is 0 Å². The lowest BCUT2D eigenvalue weighted by molar-refractivity contribution is -0.143. The van der Waals surface area contributed by atoms with Gasteiger partial charge in [-0.15, -0.1) is 0 Å². The van der Waals surface area contributed by atoms with Crippen molar-refractivity contribution in [3.8, 4) is 0 Å². The number of ether oxygens (including phenoxy) is 1. The zero-order valence-electron chi connectivity index (χ0n) is 10.0. The van der Waals surface area contributed by atoms with Crippen LogP contribution in [0.15, 0.2) is 0 Å². The highest BCUT2D eigenvalue weighted by Crippen LogP contribution is 2.24. The molecule has 3 N–H and O–H groups in total. The highest BCUT2D eigenvalue weighted by atomic mass is 16.6. The first-order chi connectivity index (χ1) is 8.66. The van der Waals surface area contributed by atoms with Gasteiger partial charge < -0.3 is 10.1 Å². The van der Waals surface area contributed by atoms with Crippen molar-refractivity contribution in [1.29, 1.82) is 0 Å². The molecule has 0 spiro atoms. The molecule has 1 saturated carbocycles. The molecule has 0 radical (unpaired) electrons. The van der Waals surface area contributed by atoms with Gasteiger partial charge in [0.05, 0.1) is 5.92 Å². The molecule has 0 bridgehead atoms. The van der Waals surface area contributed by atoms with Crippen molar-refractivity contribution in [2.24, 2.45) is 5.92 Å². The van der Waals surface area contributed by atoms with Gasteiger partial charge in [0.2, 0.25) is 0 Å². The van der Waals surface area contributed by atoms with Crippen LogP contribution in [0.3, 0.4) is 0 Å². The van der Waals surface area contributed by atoms with E-state index in [4.69, 9.17) is 4.74 Å². The number of nitrogens with one attached hydrogen (secondary N) is 3. The van der Waals surface area contributed by atoms with E-state index < -0.39 is 18.1 Å². The minimum Gasteiger partial charge on any atom is -0.376 e. The van der Waals surface area contributed by atoms with Crippen LogP contribution in [0.4, 0.5) is 4.79 Å². The highest BCUT2D eigenvalue weighted by Gasteiger charge is 2.29. The summed E-state index contributed by atoms with van der Waals surface area (Å²) in [6, 6.07) is -0.684. The third kappa shape index (κ3) is 3.19. The fourth-order valence-electron chi connectivity index (χ4n) is 2.22. The predicted molar refractivity (Wildman–Crippen MR) is 61.1 cm³/mol. The highest BCUT2D eigenvalue weighted by molar-refractivity contribution is 5.90. The number of carbonyl (C=O) groups excluding carboxylic acids is 3. The Labute approximate surface area is 105 Å². The lowest BCUT2D eigenvalue weighted by atomic mass is 9.89. The van der Waals surface area contributed by atoms with Crippen molar-refractivity contribution in [3.63, 3.8) is 0 Å². The lowest BCUT2D eigenvalue weighted by Crippen LogP contribution is -2.43. The minimum atomic E-state index is -0.852. The number of hydrazine groups is 1. The topological polar surface area (TPSA) is 96.5 Å². The van der Waals surface area contributed by atoms with E-state index in [1.165, 1.54) is 0 Å². The fraction of sp³-hybridized carbons (Fsp3) is 0.727. The molecule has 0 aromatic carbocycles. The molecule has 100 valence electrons. The molecule has 2 fully saturated rings. The first kappa shape index (κ1) is 12.8. The number of esters is 1. The Morgan fingerprint density at radius 3 is 2.56 bits per heavy atom. The van der Waals surface area contributed by atoms with Gasteiger partial charge >= 0.3 is 12.1 Å². The van der Waals surface area contributed by atoms with Crippen molar-refractivity contribution in [2.45, 2.75) is 38.1 Å². The summed E-state index contributed by atoms with van der Waals surface area (Å²) in [6.45, 7) is 0.283. The summed E-state index contributed by atoms with van der Waals surface area (Å²) in [4.78, 5) is 34.3. The first-order valence-electron chi connectivity index (χ1n) is 6.21. The number of amides is 2. The van der Waals surface area contributed by atoms with Gasteiger partial charge in [-0.25, -0.2) is 10.2 Å². The van der Waals surface area contributed by atoms with Gasteiger partial charge in [0.1, 0.15) is 6.04 Å². The standard InChI is InChI=1S/C11H17N3O4/c15-9-8(6-12-14-9)13-11(17)18-10(16)7-4-2-1-3-5-7/h7-8,12H,1-6H2,(H,13,17)(H,14,15)/t8-/m0/s1. The third-order valence-electron chi connectivity index (χ3n) is 3.26. The second kappa shape index (κ2) is 5.81. The molecule has 2 rings (SSSR count). The average molecular weight is 255 g/mol. The Balaban J connectivity index is 1.76. The Morgan fingerprint density at radius 1 is 1.22 bits per heavy atom. The van der Waals surface area contributed by atoms with E-state index in [0.717, 1.165) is 32.1 Å². The molecule has 1 heterocycles. The summed E-state index contributed by atoms with van der Waals surface area (Å²) in [6.07, 6.45) is 3.82. The molecule has 0 aromatic heterocycles. The molecule has 1 atom stereocenters. The molecule has 0 aromatic rings. The van der Waals surface area contributed by atoms with Crippen LogP contribution in [-0.2, 0) is 14.3 Å². The van der Waals surface area contributed by atoms with E-state index in [-0.39, 0.29) is 18.4 Å². The summed E-state index contributed by atoms with van der Waals surface area (Å²) in [5, 5.41) is 2.34. The number of carbonyl (C=O) groups is 3. The summed E-state index contributed by atoms with van der Waals surface area (Å²) in [7, 11) is 0. The Kier molecular flexibility index (Phi) is 4.14. The van der Waals surface area contributed by atoms with Crippen LogP contribution in [-0.4, -0.2) is 30.6 Å². The quantitative estimate of drug-likeness (QED) is 0.470. The number of rotatable bonds is 2. The monoisotopic (exact) mass is 255 g/mol. The summed E-state index contributed by atoms with van der Waals surface area (Å²) in [5.41, 5.74) is 4.94. The van der Waals surface area contributed by atoms with Gasteiger partial charge in [-0.3, -0.25) is 15.0 Å². The van der Waals surface area contributed by atoms with E-state index in [1.807, 2.05) is 0 Å². The van der Waals surface area contributed by atoms with Crippen molar-refractivity contribution in [2.75, 3.05) is 6.54 Å². The van der Waals surface area contributed by atoms with Crippen LogP contribution < -0.4 is 16.2 Å². The van der Waals surface area contributed by atoms with Crippen LogP contribution in [0, 0.1) is 5.92 Å². The maximum atomic E-state index is 11.7. The van der Waals surface area contributed by atoms with Gasteiger partial charge in [-0.05, 0) is 12.8 Å². The summed E-state index contributed by atoms with van der Waals surface area (Å²) < 4.78 is 4.70. The zero-order valence-corrected chi connectivity index (χ0v) is 10.0. The summed E-state index contributed by atoms with van der Waals surface area (Å²) in [5.74, 6) is -1.00. The van der Waals surface area contributed by atoms with Gasteiger partial charge in [0.25, 0.3) is 5.91 Å². The zero-order chi connectivity index (χ0) is 13.0. The Bertz CT molecular complexity index is 352. The van der Waals surface area contributed by atoms with E-state index in [1.54, 1.807) is 0 Å². The molecule has 0 unspecified atom stereocenters. The Hall–Kier alpha value is -1.63. The first-order valence-corrected chi connectivity index (χ1v) is 6.21. The average Bonchev–Trinajstić information content (AvgIpc) is 2.76. The maximum absolute atomic E-state index is 11.7. The van der Waals surface area contributed by atoms with E-state index in [9.17, 15) is 14.4 Å². The van der Waals surface area contributed by atoms with Crippen LogP contribution in [0.1, 0.15) is 32.1 Å². The largest absolute Gasteiger partial charge is 0.415 e. The number of hydrogen-bond donors (Lipinski definition) is 3. The molecule has 2 aliphatic rings. The summed E-state index contributed by atoms with van der Waals surface area (Å²) >= 11 is 0. The molecule has 2 amide bonds. The second-order valence-corrected chi connectivity index (χ2v) is 4.61. The fourth-order valence-corrected chi connectivity index (χ4v) is 2.22. The number of alkyl carbamates (subject to hydrolysis) is 1. The van der Waals surface area contributed by atoms with Gasteiger partial charge in [0, 0.05) is 6.54 Å². The van der Waals surface area contributed by atoms with Gasteiger partial charge in [0.15, 0.2) is 0 Å². The van der Waals surface area contributed by atoms with Crippen LogP contribution >= 0.6 is 0 Å². The maximum Gasteiger partial charge on any atom is 0.415 e. The third-order valence-corrected chi connectivity index (χ3v) is 3.26. The Morgan fingerprint density at radius 2 is 1.94 bits per heavy atom. The van der Waals surface area contributed by atoms with Crippen molar-refractivity contribution < 1.29 is 19.1 Å². The smallest absolute Gasteiger partial charge is 0.376 e. The van der Waals surface area contributed by atoms with Gasteiger partial charge in [-0.2, -0.15) is 0 Å². The van der Waals surface area contributed by atoms with E-state index in [2.05, 4.69) is 16.2 Å². The molecular weight excluding hydrogens is 238 g/mol. The van der Waals surface area contributed by atoms with E-state index >= 15 is 0 Å². The van der Waals surface area contributed by atoms with Crippen LogP contribution in [0.2, 0.25) is 0 Å². The van der Waals surface area contributed by atoms with Crippen LogP contribution in [0.5, 0.6) is 0 Å². The SMILES string of the molecule is O=C(N[C@H]1CNNC1=O)OC(=O)C1CCCCC1. The predicted octanol–water partition coefficient (Wildman–Crippen LogP) is -0.178. The van der Waals surface area contributed by atoms with Crippen molar-refractivity contribution in [1.82, 2.24) is 16.2 Å². The molecule has 7 heteroatoms. The molecule has 1 aliphatic carbocycles. The normalized spacial score (nSPS) is 24.4. The lowest BCUT2D eigenvalue weighted by Gasteiger charge is -2.19. The molecule has 1 aliphatic heterocycles. The minimum absolute atomic E-state index is 0.181. The molecular formula is C11H17N3O4.